The highest BCUT2D eigenvalue weighted by Gasteiger charge is 2.21. The number of carbonyl (C=O) groups is 3. The minimum atomic E-state index is -0.918. The van der Waals surface area contributed by atoms with E-state index in [9.17, 15) is 14.4 Å². The third-order valence-corrected chi connectivity index (χ3v) is 3.87. The van der Waals surface area contributed by atoms with Crippen LogP contribution in [-0.4, -0.2) is 40.9 Å². The van der Waals surface area contributed by atoms with E-state index in [-0.39, 0.29) is 31.1 Å². The first-order valence-corrected chi connectivity index (χ1v) is 7.98. The molecule has 0 aromatic heterocycles. The van der Waals surface area contributed by atoms with Crippen molar-refractivity contribution >= 4 is 23.5 Å². The number of hydrogen-bond donors (Lipinski definition) is 2. The number of para-hydroxylation sites is 1. The van der Waals surface area contributed by atoms with Gasteiger partial charge in [0, 0.05) is 25.9 Å². The van der Waals surface area contributed by atoms with Gasteiger partial charge < -0.3 is 15.3 Å². The molecule has 1 aromatic carbocycles. The molecule has 1 saturated heterocycles. The number of rotatable bonds is 6. The highest BCUT2D eigenvalue weighted by Crippen LogP contribution is 2.20. The molecule has 1 heterocycles. The summed E-state index contributed by atoms with van der Waals surface area (Å²) in [6, 6.07) is 6.95. The fraction of sp³-hybridized carbons (Fsp3) is 0.471. The topological polar surface area (TPSA) is 86.7 Å². The van der Waals surface area contributed by atoms with Crippen LogP contribution in [0.1, 0.15) is 48.9 Å². The van der Waals surface area contributed by atoms with E-state index in [1.165, 1.54) is 0 Å². The predicted molar refractivity (Wildman–Crippen MR) is 86.3 cm³/mol. The van der Waals surface area contributed by atoms with E-state index >= 15 is 0 Å². The van der Waals surface area contributed by atoms with Crippen molar-refractivity contribution in [3.63, 3.8) is 0 Å². The molecule has 2 rings (SSSR count). The summed E-state index contributed by atoms with van der Waals surface area (Å²) in [7, 11) is 0. The molecule has 2 N–H and O–H groups in total. The van der Waals surface area contributed by atoms with E-state index in [2.05, 4.69) is 5.32 Å². The van der Waals surface area contributed by atoms with Crippen LogP contribution in [0.25, 0.3) is 0 Å². The van der Waals surface area contributed by atoms with Crippen molar-refractivity contribution in [1.29, 1.82) is 0 Å². The fourth-order valence-electron chi connectivity index (χ4n) is 2.66. The molecule has 2 amide bonds. The van der Waals surface area contributed by atoms with Gasteiger partial charge in [-0.3, -0.25) is 14.4 Å². The third kappa shape index (κ3) is 5.09. The molecule has 23 heavy (non-hydrogen) atoms. The molecule has 0 spiro atoms. The summed E-state index contributed by atoms with van der Waals surface area (Å²) in [6.45, 7) is 1.50. The normalized spacial score (nSPS) is 14.3. The van der Waals surface area contributed by atoms with Crippen molar-refractivity contribution in [1.82, 2.24) is 4.90 Å². The molecule has 1 fully saturated rings. The Labute approximate surface area is 135 Å². The lowest BCUT2D eigenvalue weighted by Gasteiger charge is -2.27. The van der Waals surface area contributed by atoms with Crippen LogP contribution in [0.3, 0.4) is 0 Å². The molecule has 124 valence electrons. The van der Waals surface area contributed by atoms with Gasteiger partial charge in [-0.2, -0.15) is 0 Å². The van der Waals surface area contributed by atoms with Gasteiger partial charge in [-0.1, -0.05) is 12.1 Å². The van der Waals surface area contributed by atoms with Gasteiger partial charge in [0.2, 0.25) is 5.91 Å². The van der Waals surface area contributed by atoms with E-state index in [1.54, 1.807) is 24.3 Å². The Balaban J connectivity index is 2.00. The molecule has 1 aromatic rings. The van der Waals surface area contributed by atoms with E-state index in [4.69, 9.17) is 5.11 Å². The number of aliphatic carboxylic acids is 1. The number of carboxylic acids is 1. The summed E-state index contributed by atoms with van der Waals surface area (Å²) in [5, 5.41) is 11.3. The zero-order valence-corrected chi connectivity index (χ0v) is 13.1. The summed E-state index contributed by atoms with van der Waals surface area (Å²) in [5.74, 6) is -1.25. The number of benzene rings is 1. The number of nitrogens with one attached hydrogen (secondary N) is 1. The molecule has 0 bridgehead atoms. The summed E-state index contributed by atoms with van der Waals surface area (Å²) < 4.78 is 0. The Morgan fingerprint density at radius 2 is 1.74 bits per heavy atom. The average Bonchev–Trinajstić information content (AvgIpc) is 2.55. The Hall–Kier alpha value is -2.37. The molecule has 0 aliphatic carbocycles. The number of amides is 2. The fourth-order valence-corrected chi connectivity index (χ4v) is 2.66. The molecule has 0 radical (unpaired) electrons. The third-order valence-electron chi connectivity index (χ3n) is 3.87. The van der Waals surface area contributed by atoms with Gasteiger partial charge in [-0.05, 0) is 37.8 Å². The van der Waals surface area contributed by atoms with Crippen molar-refractivity contribution in [3.05, 3.63) is 29.8 Å². The Kier molecular flexibility index (Phi) is 6.14. The largest absolute Gasteiger partial charge is 0.481 e. The van der Waals surface area contributed by atoms with E-state index in [1.807, 2.05) is 4.90 Å². The van der Waals surface area contributed by atoms with Gasteiger partial charge in [0.25, 0.3) is 5.91 Å². The van der Waals surface area contributed by atoms with E-state index < -0.39 is 5.97 Å². The van der Waals surface area contributed by atoms with Crippen LogP contribution < -0.4 is 5.32 Å². The number of carbonyl (C=O) groups excluding carboxylic acids is 2. The van der Waals surface area contributed by atoms with Gasteiger partial charge in [0.15, 0.2) is 0 Å². The molecule has 1 aliphatic heterocycles. The average molecular weight is 318 g/mol. The molecule has 0 atom stereocenters. The first-order chi connectivity index (χ1) is 11.1. The lowest BCUT2D eigenvalue weighted by atomic mass is 10.1. The maximum Gasteiger partial charge on any atom is 0.303 e. The number of carboxylic acid groups (broad SMARTS) is 1. The lowest BCUT2D eigenvalue weighted by molar-refractivity contribution is -0.137. The molecule has 0 unspecified atom stereocenters. The van der Waals surface area contributed by atoms with Gasteiger partial charge in [-0.15, -0.1) is 0 Å². The molecule has 0 saturated carbocycles. The SMILES string of the molecule is O=C(O)CCCC(=O)Nc1ccccc1C(=O)N1CCCCC1. The number of hydrogen-bond acceptors (Lipinski definition) is 3. The van der Waals surface area contributed by atoms with E-state index in [0.29, 0.717) is 11.3 Å². The standard InChI is InChI=1S/C17H22N2O4/c20-15(9-6-10-16(21)22)18-14-8-3-2-7-13(14)17(23)19-11-4-1-5-12-19/h2-3,7-8H,1,4-6,9-12H2,(H,18,20)(H,21,22). The quantitative estimate of drug-likeness (QED) is 0.843. The molecule has 1 aliphatic rings. The van der Waals surface area contributed by atoms with Crippen molar-refractivity contribution in [2.45, 2.75) is 38.5 Å². The van der Waals surface area contributed by atoms with Crippen LogP contribution in [0.15, 0.2) is 24.3 Å². The zero-order chi connectivity index (χ0) is 16.7. The summed E-state index contributed by atoms with van der Waals surface area (Å²) in [4.78, 5) is 36.8. The van der Waals surface area contributed by atoms with Crippen LogP contribution in [0.2, 0.25) is 0 Å². The lowest BCUT2D eigenvalue weighted by Crippen LogP contribution is -2.36. The van der Waals surface area contributed by atoms with Crippen molar-refractivity contribution in [2.75, 3.05) is 18.4 Å². The van der Waals surface area contributed by atoms with Crippen molar-refractivity contribution in [3.8, 4) is 0 Å². The highest BCUT2D eigenvalue weighted by atomic mass is 16.4. The first-order valence-electron chi connectivity index (χ1n) is 7.98. The summed E-state index contributed by atoms with van der Waals surface area (Å²) in [5.41, 5.74) is 0.976. The highest BCUT2D eigenvalue weighted by molar-refractivity contribution is 6.03. The van der Waals surface area contributed by atoms with Crippen LogP contribution in [0, 0.1) is 0 Å². The summed E-state index contributed by atoms with van der Waals surface area (Å²) >= 11 is 0. The maximum absolute atomic E-state index is 12.6. The van der Waals surface area contributed by atoms with Gasteiger partial charge in [0.05, 0.1) is 11.3 Å². The number of nitrogens with zero attached hydrogens (tertiary/aromatic N) is 1. The van der Waals surface area contributed by atoms with Gasteiger partial charge >= 0.3 is 5.97 Å². The van der Waals surface area contributed by atoms with E-state index in [0.717, 1.165) is 32.4 Å². The second-order valence-electron chi connectivity index (χ2n) is 5.69. The number of piperidine rings is 1. The van der Waals surface area contributed by atoms with Gasteiger partial charge in [0.1, 0.15) is 0 Å². The van der Waals surface area contributed by atoms with Crippen LogP contribution in [0.4, 0.5) is 5.69 Å². The monoisotopic (exact) mass is 318 g/mol. The zero-order valence-electron chi connectivity index (χ0n) is 13.1. The van der Waals surface area contributed by atoms with Crippen molar-refractivity contribution in [2.24, 2.45) is 0 Å². The molecular weight excluding hydrogens is 296 g/mol. The Morgan fingerprint density at radius 3 is 2.43 bits per heavy atom. The molecule has 6 nitrogen and oxygen atoms in total. The molecule has 6 heteroatoms. The smallest absolute Gasteiger partial charge is 0.303 e. The predicted octanol–water partition coefficient (Wildman–Crippen LogP) is 2.51. The van der Waals surface area contributed by atoms with Crippen LogP contribution in [-0.2, 0) is 9.59 Å². The summed E-state index contributed by atoms with van der Waals surface area (Å²) in [6.07, 6.45) is 3.53. The second kappa shape index (κ2) is 8.31. The second-order valence-corrected chi connectivity index (χ2v) is 5.69. The minimum Gasteiger partial charge on any atom is -0.481 e. The van der Waals surface area contributed by atoms with Crippen LogP contribution >= 0.6 is 0 Å². The number of anilines is 1. The van der Waals surface area contributed by atoms with Crippen molar-refractivity contribution < 1.29 is 19.5 Å². The number of likely N-dealkylation sites (tertiary alicyclic amines) is 1. The molecular formula is C17H22N2O4. The Bertz CT molecular complexity index is 580. The Morgan fingerprint density at radius 1 is 1.04 bits per heavy atom. The van der Waals surface area contributed by atoms with Crippen LogP contribution in [0.5, 0.6) is 0 Å². The maximum atomic E-state index is 12.6. The minimum absolute atomic E-state index is 0.0399. The van der Waals surface area contributed by atoms with Gasteiger partial charge in [-0.25, -0.2) is 0 Å². The first kappa shape index (κ1) is 17.0.